The maximum atomic E-state index is 12.0. The molecule has 3 N–H and O–H groups in total. The van der Waals surface area contributed by atoms with Crippen LogP contribution in [0.1, 0.15) is 36.7 Å². The normalized spacial score (nSPS) is 10.9. The van der Waals surface area contributed by atoms with Gasteiger partial charge in [0.05, 0.1) is 11.3 Å². The van der Waals surface area contributed by atoms with Crippen LogP contribution in [-0.4, -0.2) is 28.7 Å². The Labute approximate surface area is 182 Å². The summed E-state index contributed by atoms with van der Waals surface area (Å²) in [6.45, 7) is 6.14. The molecule has 0 unspecified atom stereocenters. The van der Waals surface area contributed by atoms with Crippen molar-refractivity contribution in [3.8, 4) is 5.75 Å². The molecule has 148 valence electrons. The van der Waals surface area contributed by atoms with E-state index in [4.69, 9.17) is 17.0 Å². The number of carboxylic acid groups (broad SMARTS) is 1. The van der Waals surface area contributed by atoms with Gasteiger partial charge in [0.25, 0.3) is 5.91 Å². The molecule has 0 heterocycles. The Kier molecular flexibility index (Phi) is 7.36. The molecule has 28 heavy (non-hydrogen) atoms. The summed E-state index contributed by atoms with van der Waals surface area (Å²) >= 11 is 7.11. The number of amides is 1. The number of hydrogen-bond acceptors (Lipinski definition) is 4. The first-order chi connectivity index (χ1) is 13.1. The monoisotopic (exact) mass is 512 g/mol. The number of nitrogens with one attached hydrogen (secondary N) is 2. The van der Waals surface area contributed by atoms with Gasteiger partial charge in [-0.3, -0.25) is 10.1 Å². The molecule has 2 aromatic rings. The van der Waals surface area contributed by atoms with Crippen LogP contribution < -0.4 is 15.4 Å². The van der Waals surface area contributed by atoms with Gasteiger partial charge in [-0.1, -0.05) is 32.9 Å². The highest BCUT2D eigenvalue weighted by Crippen LogP contribution is 2.24. The number of thiocarbonyl (C=S) groups is 1. The van der Waals surface area contributed by atoms with Gasteiger partial charge in [-0.25, -0.2) is 4.79 Å². The smallest absolute Gasteiger partial charge is 0.337 e. The first-order valence-electron chi connectivity index (χ1n) is 8.43. The number of halogens is 1. The highest BCUT2D eigenvalue weighted by molar-refractivity contribution is 14.1. The fourth-order valence-corrected chi connectivity index (χ4v) is 3.03. The maximum absolute atomic E-state index is 12.0. The molecule has 0 aliphatic rings. The third-order valence-electron chi connectivity index (χ3n) is 3.80. The van der Waals surface area contributed by atoms with Crippen molar-refractivity contribution in [3.05, 3.63) is 57.2 Å². The summed E-state index contributed by atoms with van der Waals surface area (Å²) in [6.07, 6.45) is 0. The van der Waals surface area contributed by atoms with E-state index in [1.165, 1.54) is 11.6 Å². The molecule has 0 aliphatic carbocycles. The maximum Gasteiger partial charge on any atom is 0.337 e. The van der Waals surface area contributed by atoms with Gasteiger partial charge in [-0.15, -0.1) is 0 Å². The minimum atomic E-state index is -1.09. The van der Waals surface area contributed by atoms with Crippen LogP contribution in [0.5, 0.6) is 5.75 Å². The second-order valence-electron chi connectivity index (χ2n) is 7.06. The number of hydrogen-bond donors (Lipinski definition) is 3. The van der Waals surface area contributed by atoms with E-state index in [9.17, 15) is 14.7 Å². The van der Waals surface area contributed by atoms with Crippen LogP contribution in [0.15, 0.2) is 42.5 Å². The van der Waals surface area contributed by atoms with Gasteiger partial charge in [-0.05, 0) is 76.1 Å². The van der Waals surface area contributed by atoms with Gasteiger partial charge in [0, 0.05) is 3.57 Å². The van der Waals surface area contributed by atoms with Crippen molar-refractivity contribution in [1.82, 2.24) is 5.32 Å². The van der Waals surface area contributed by atoms with Crippen molar-refractivity contribution in [2.75, 3.05) is 11.9 Å². The van der Waals surface area contributed by atoms with Crippen LogP contribution in [0.25, 0.3) is 0 Å². The first kappa shape index (κ1) is 22.1. The largest absolute Gasteiger partial charge is 0.484 e. The summed E-state index contributed by atoms with van der Waals surface area (Å²) < 4.78 is 6.25. The summed E-state index contributed by atoms with van der Waals surface area (Å²) in [4.78, 5) is 23.4. The molecular formula is C20H21IN2O4S. The third-order valence-corrected chi connectivity index (χ3v) is 4.68. The van der Waals surface area contributed by atoms with E-state index in [1.807, 2.05) is 46.9 Å². The second-order valence-corrected chi connectivity index (χ2v) is 8.71. The Morgan fingerprint density at radius 2 is 1.79 bits per heavy atom. The minimum Gasteiger partial charge on any atom is -0.484 e. The highest BCUT2D eigenvalue weighted by atomic mass is 127. The average molecular weight is 512 g/mol. The standard InChI is InChI=1S/C20H21IN2O4S/c1-20(2,3)12-4-7-14(8-5-12)27-11-17(24)23-19(28)22-16-9-6-13(21)10-15(16)18(25)26/h4-10H,11H2,1-3H3,(H,25,26)(H2,22,23,24,28). The lowest BCUT2D eigenvalue weighted by Gasteiger charge is -2.19. The van der Waals surface area contributed by atoms with Crippen molar-refractivity contribution < 1.29 is 19.4 Å². The Hall–Kier alpha value is -2.20. The molecule has 0 saturated heterocycles. The fraction of sp³-hybridized carbons (Fsp3) is 0.250. The van der Waals surface area contributed by atoms with Gasteiger partial charge in [0.1, 0.15) is 5.75 Å². The molecule has 8 heteroatoms. The van der Waals surface area contributed by atoms with E-state index in [-0.39, 0.29) is 22.7 Å². The van der Waals surface area contributed by atoms with Crippen LogP contribution in [0, 0.1) is 3.57 Å². The number of carbonyl (C=O) groups excluding carboxylic acids is 1. The van der Waals surface area contributed by atoms with Crippen LogP contribution in [0.2, 0.25) is 0 Å². The Morgan fingerprint density at radius 3 is 2.36 bits per heavy atom. The van der Waals surface area contributed by atoms with E-state index in [1.54, 1.807) is 12.1 Å². The zero-order valence-electron chi connectivity index (χ0n) is 15.7. The third kappa shape index (κ3) is 6.45. The zero-order valence-corrected chi connectivity index (χ0v) is 18.7. The zero-order chi connectivity index (χ0) is 20.9. The highest BCUT2D eigenvalue weighted by Gasteiger charge is 2.14. The van der Waals surface area contributed by atoms with E-state index < -0.39 is 11.9 Å². The molecule has 1 amide bonds. The molecule has 0 bridgehead atoms. The number of rotatable bonds is 5. The molecule has 0 saturated carbocycles. The number of benzene rings is 2. The molecule has 2 rings (SSSR count). The van der Waals surface area contributed by atoms with Crippen molar-refractivity contribution in [1.29, 1.82) is 0 Å². The van der Waals surface area contributed by atoms with E-state index in [0.717, 1.165) is 3.57 Å². The first-order valence-corrected chi connectivity index (χ1v) is 9.92. The molecule has 0 aromatic heterocycles. The Bertz CT molecular complexity index is 892. The molecule has 0 aliphatic heterocycles. The van der Waals surface area contributed by atoms with Crippen LogP contribution >= 0.6 is 34.8 Å². The molecule has 0 fully saturated rings. The van der Waals surface area contributed by atoms with Gasteiger partial charge in [0.2, 0.25) is 0 Å². The number of carbonyl (C=O) groups is 2. The number of anilines is 1. The molecule has 6 nitrogen and oxygen atoms in total. The predicted octanol–water partition coefficient (Wildman–Crippen LogP) is 4.18. The average Bonchev–Trinajstić information content (AvgIpc) is 2.61. The lowest BCUT2D eigenvalue weighted by Crippen LogP contribution is -2.37. The molecule has 0 atom stereocenters. The summed E-state index contributed by atoms with van der Waals surface area (Å²) in [5, 5.41) is 14.5. The van der Waals surface area contributed by atoms with Crippen molar-refractivity contribution in [3.63, 3.8) is 0 Å². The van der Waals surface area contributed by atoms with Crippen LogP contribution in [-0.2, 0) is 10.2 Å². The quantitative estimate of drug-likeness (QED) is 0.412. The summed E-state index contributed by atoms with van der Waals surface area (Å²) in [5.74, 6) is -0.954. The summed E-state index contributed by atoms with van der Waals surface area (Å²) in [5.41, 5.74) is 1.58. The summed E-state index contributed by atoms with van der Waals surface area (Å²) in [6, 6.07) is 12.4. The lowest BCUT2D eigenvalue weighted by molar-refractivity contribution is -0.121. The van der Waals surface area contributed by atoms with Crippen molar-refractivity contribution >= 4 is 57.5 Å². The van der Waals surface area contributed by atoms with E-state index in [0.29, 0.717) is 11.4 Å². The van der Waals surface area contributed by atoms with Gasteiger partial charge < -0.3 is 15.2 Å². The number of aromatic carboxylic acids is 1. The molecular weight excluding hydrogens is 491 g/mol. The number of carboxylic acids is 1. The van der Waals surface area contributed by atoms with Crippen molar-refractivity contribution in [2.45, 2.75) is 26.2 Å². The minimum absolute atomic E-state index is 0.000360. The summed E-state index contributed by atoms with van der Waals surface area (Å²) in [7, 11) is 0. The predicted molar refractivity (Wildman–Crippen MR) is 121 cm³/mol. The fourth-order valence-electron chi connectivity index (χ4n) is 2.32. The van der Waals surface area contributed by atoms with Gasteiger partial charge >= 0.3 is 5.97 Å². The Morgan fingerprint density at radius 1 is 1.14 bits per heavy atom. The van der Waals surface area contributed by atoms with Gasteiger partial charge in [0.15, 0.2) is 11.7 Å². The second kappa shape index (κ2) is 9.33. The molecule has 0 radical (unpaired) electrons. The molecule has 0 spiro atoms. The van der Waals surface area contributed by atoms with E-state index >= 15 is 0 Å². The van der Waals surface area contributed by atoms with Gasteiger partial charge in [-0.2, -0.15) is 0 Å². The van der Waals surface area contributed by atoms with Crippen LogP contribution in [0.3, 0.4) is 0 Å². The Balaban J connectivity index is 1.90. The topological polar surface area (TPSA) is 87.7 Å². The van der Waals surface area contributed by atoms with E-state index in [2.05, 4.69) is 31.4 Å². The SMILES string of the molecule is CC(C)(C)c1ccc(OCC(=O)NC(=S)Nc2ccc(I)cc2C(=O)O)cc1. The molecule has 2 aromatic carbocycles. The van der Waals surface area contributed by atoms with Crippen LogP contribution in [0.4, 0.5) is 5.69 Å². The van der Waals surface area contributed by atoms with Crippen molar-refractivity contribution in [2.24, 2.45) is 0 Å². The lowest BCUT2D eigenvalue weighted by atomic mass is 9.87. The number of ether oxygens (including phenoxy) is 1.